The normalized spacial score (nSPS) is 15.5. The van der Waals surface area contributed by atoms with Crippen molar-refractivity contribution in [2.75, 3.05) is 20.3 Å². The van der Waals surface area contributed by atoms with Gasteiger partial charge in [-0.3, -0.25) is 0 Å². The third kappa shape index (κ3) is 6.64. The van der Waals surface area contributed by atoms with Gasteiger partial charge in [0.15, 0.2) is 0 Å². The van der Waals surface area contributed by atoms with Crippen LogP contribution in [0.3, 0.4) is 0 Å². The minimum absolute atomic E-state index is 0.0127. The van der Waals surface area contributed by atoms with E-state index in [1.165, 1.54) is 0 Å². The number of ether oxygens (including phenoxy) is 3. The molecule has 198 valence electrons. The van der Waals surface area contributed by atoms with Crippen LogP contribution >= 0.6 is 0 Å². The van der Waals surface area contributed by atoms with Crippen LogP contribution in [-0.2, 0) is 23.8 Å². The highest BCUT2D eigenvalue weighted by Crippen LogP contribution is 2.35. The number of rotatable bonds is 8. The Morgan fingerprint density at radius 2 is 1.44 bits per heavy atom. The highest BCUT2D eigenvalue weighted by Gasteiger charge is 2.38. The fourth-order valence-corrected chi connectivity index (χ4v) is 4.38. The lowest BCUT2D eigenvalue weighted by molar-refractivity contribution is -0.143. The highest BCUT2D eigenvalue weighted by atomic mass is 16.6. The van der Waals surface area contributed by atoms with Crippen LogP contribution in [0.1, 0.15) is 36.6 Å². The summed E-state index contributed by atoms with van der Waals surface area (Å²) >= 11 is 0. The Bertz CT molecular complexity index is 1420. The van der Waals surface area contributed by atoms with Crippen LogP contribution in [0.25, 0.3) is 5.70 Å². The molecule has 1 unspecified atom stereocenters. The molecular formula is C33H31NO5. The van der Waals surface area contributed by atoms with Crippen LogP contribution in [-0.4, -0.2) is 32.3 Å². The van der Waals surface area contributed by atoms with Gasteiger partial charge < -0.3 is 19.5 Å². The van der Waals surface area contributed by atoms with Gasteiger partial charge in [0.25, 0.3) is 0 Å². The molecule has 0 radical (unpaired) electrons. The molecule has 6 nitrogen and oxygen atoms in total. The second-order valence-corrected chi connectivity index (χ2v) is 8.84. The zero-order valence-electron chi connectivity index (χ0n) is 22.3. The Balaban J connectivity index is 1.79. The highest BCUT2D eigenvalue weighted by molar-refractivity contribution is 6.04. The SMILES string of the molecule is CCOC(=O)C1=C(C)NC(c2ccccc2)=C(C(=O)OC[C@H](OC)c2ccccc2)C1C#Cc1ccccc1. The summed E-state index contributed by atoms with van der Waals surface area (Å²) in [6, 6.07) is 28.4. The van der Waals surface area contributed by atoms with Crippen molar-refractivity contribution in [3.8, 4) is 11.8 Å². The summed E-state index contributed by atoms with van der Waals surface area (Å²) < 4.78 is 16.8. The van der Waals surface area contributed by atoms with Crippen molar-refractivity contribution in [1.29, 1.82) is 0 Å². The molecule has 0 saturated carbocycles. The van der Waals surface area contributed by atoms with E-state index in [4.69, 9.17) is 14.2 Å². The lowest BCUT2D eigenvalue weighted by atomic mass is 9.84. The number of benzene rings is 3. The van der Waals surface area contributed by atoms with Crippen molar-refractivity contribution in [3.63, 3.8) is 0 Å². The first-order valence-corrected chi connectivity index (χ1v) is 12.8. The second kappa shape index (κ2) is 13.3. The van der Waals surface area contributed by atoms with Gasteiger partial charge in [-0.15, -0.1) is 0 Å². The third-order valence-corrected chi connectivity index (χ3v) is 6.30. The van der Waals surface area contributed by atoms with Gasteiger partial charge in [0.1, 0.15) is 12.7 Å². The summed E-state index contributed by atoms with van der Waals surface area (Å²) in [6.45, 7) is 3.70. The number of hydrogen-bond acceptors (Lipinski definition) is 6. The van der Waals surface area contributed by atoms with Crippen molar-refractivity contribution in [3.05, 3.63) is 125 Å². The molecule has 2 atom stereocenters. The average molecular weight is 522 g/mol. The standard InChI is InChI=1S/C33H31NO5/c1-4-38-32(35)29-23(2)34-31(26-18-12-7-13-19-26)30(27(29)21-20-24-14-8-5-9-15-24)33(36)39-22-28(37-3)25-16-10-6-11-17-25/h5-19,27-28,34H,4,22H2,1-3H3/t27?,28-/m0/s1. The summed E-state index contributed by atoms with van der Waals surface area (Å²) in [5.41, 5.74) is 4.02. The van der Waals surface area contributed by atoms with Gasteiger partial charge >= 0.3 is 11.9 Å². The summed E-state index contributed by atoms with van der Waals surface area (Å²) in [6.07, 6.45) is -0.455. The van der Waals surface area contributed by atoms with E-state index in [9.17, 15) is 9.59 Å². The fourth-order valence-electron chi connectivity index (χ4n) is 4.38. The van der Waals surface area contributed by atoms with Crippen molar-refractivity contribution < 1.29 is 23.8 Å². The van der Waals surface area contributed by atoms with Crippen molar-refractivity contribution >= 4 is 17.6 Å². The van der Waals surface area contributed by atoms with E-state index in [1.807, 2.05) is 91.0 Å². The van der Waals surface area contributed by atoms with Crippen LogP contribution in [0.2, 0.25) is 0 Å². The lowest BCUT2D eigenvalue weighted by Crippen LogP contribution is -2.33. The zero-order valence-corrected chi connectivity index (χ0v) is 22.3. The largest absolute Gasteiger partial charge is 0.463 e. The number of esters is 2. The molecule has 3 aromatic rings. The van der Waals surface area contributed by atoms with E-state index in [2.05, 4.69) is 17.2 Å². The third-order valence-electron chi connectivity index (χ3n) is 6.30. The molecule has 1 N–H and O–H groups in total. The van der Waals surface area contributed by atoms with E-state index < -0.39 is 24.0 Å². The molecule has 0 spiro atoms. The zero-order chi connectivity index (χ0) is 27.6. The van der Waals surface area contributed by atoms with E-state index in [-0.39, 0.29) is 24.4 Å². The summed E-state index contributed by atoms with van der Waals surface area (Å²) in [7, 11) is 1.57. The van der Waals surface area contributed by atoms with Gasteiger partial charge in [0, 0.05) is 18.4 Å². The van der Waals surface area contributed by atoms with Gasteiger partial charge in [-0.2, -0.15) is 0 Å². The number of nitrogens with one attached hydrogen (secondary N) is 1. The summed E-state index contributed by atoms with van der Waals surface area (Å²) in [5.74, 6) is 4.30. The number of hydrogen-bond donors (Lipinski definition) is 1. The molecule has 1 aliphatic rings. The average Bonchev–Trinajstić information content (AvgIpc) is 2.97. The van der Waals surface area contributed by atoms with Crippen LogP contribution in [0.5, 0.6) is 0 Å². The molecule has 0 amide bonds. The molecule has 1 heterocycles. The first-order chi connectivity index (χ1) is 19.0. The van der Waals surface area contributed by atoms with Crippen LogP contribution < -0.4 is 5.32 Å². The first kappa shape index (κ1) is 27.4. The fraction of sp³-hybridized carbons (Fsp3) is 0.212. The Morgan fingerprint density at radius 1 is 0.846 bits per heavy atom. The molecule has 0 aliphatic carbocycles. The van der Waals surface area contributed by atoms with Gasteiger partial charge in [-0.1, -0.05) is 90.7 Å². The maximum Gasteiger partial charge on any atom is 0.337 e. The molecule has 39 heavy (non-hydrogen) atoms. The monoisotopic (exact) mass is 521 g/mol. The Morgan fingerprint density at radius 3 is 2.05 bits per heavy atom. The van der Waals surface area contributed by atoms with E-state index in [0.29, 0.717) is 11.4 Å². The van der Waals surface area contributed by atoms with Crippen LogP contribution in [0, 0.1) is 17.8 Å². The summed E-state index contributed by atoms with van der Waals surface area (Å²) in [5, 5.41) is 3.27. The predicted octanol–water partition coefficient (Wildman–Crippen LogP) is 5.44. The molecular weight excluding hydrogens is 490 g/mol. The quantitative estimate of drug-likeness (QED) is 0.315. The molecule has 0 bridgehead atoms. The Labute approximate surface area is 229 Å². The van der Waals surface area contributed by atoms with Gasteiger partial charge in [0.05, 0.1) is 29.4 Å². The van der Waals surface area contributed by atoms with E-state index >= 15 is 0 Å². The van der Waals surface area contributed by atoms with Crippen LogP contribution in [0.15, 0.2) is 108 Å². The number of allylic oxidation sites excluding steroid dienone is 1. The van der Waals surface area contributed by atoms with E-state index in [0.717, 1.165) is 16.7 Å². The summed E-state index contributed by atoms with van der Waals surface area (Å²) in [4.78, 5) is 27.0. The molecule has 0 saturated heterocycles. The molecule has 4 rings (SSSR count). The molecule has 6 heteroatoms. The maximum absolute atomic E-state index is 13.9. The Hall–Kier alpha value is -4.60. The minimum Gasteiger partial charge on any atom is -0.463 e. The molecule has 0 fully saturated rings. The van der Waals surface area contributed by atoms with Crippen molar-refractivity contribution in [2.24, 2.45) is 5.92 Å². The van der Waals surface area contributed by atoms with Gasteiger partial charge in [0.2, 0.25) is 0 Å². The molecule has 0 aromatic heterocycles. The predicted molar refractivity (Wildman–Crippen MR) is 150 cm³/mol. The lowest BCUT2D eigenvalue weighted by Gasteiger charge is -2.29. The maximum atomic E-state index is 13.9. The number of methoxy groups -OCH3 is 1. The van der Waals surface area contributed by atoms with E-state index in [1.54, 1.807) is 21.0 Å². The topological polar surface area (TPSA) is 73.9 Å². The molecule has 1 aliphatic heterocycles. The van der Waals surface area contributed by atoms with Gasteiger partial charge in [-0.25, -0.2) is 9.59 Å². The second-order valence-electron chi connectivity index (χ2n) is 8.84. The smallest absolute Gasteiger partial charge is 0.337 e. The number of dihydropyridines is 1. The van der Waals surface area contributed by atoms with Crippen molar-refractivity contribution in [2.45, 2.75) is 20.0 Å². The number of carbonyl (C=O) groups is 2. The van der Waals surface area contributed by atoms with Gasteiger partial charge in [-0.05, 0) is 37.1 Å². The Kier molecular flexibility index (Phi) is 9.34. The number of carbonyl (C=O) groups excluding carboxylic acids is 2. The first-order valence-electron chi connectivity index (χ1n) is 12.8. The van der Waals surface area contributed by atoms with Crippen LogP contribution in [0.4, 0.5) is 0 Å². The minimum atomic E-state index is -0.883. The van der Waals surface area contributed by atoms with Crippen molar-refractivity contribution in [1.82, 2.24) is 5.32 Å². The molecule has 3 aromatic carbocycles.